The average molecular weight is 244 g/mol. The highest BCUT2D eigenvalue weighted by molar-refractivity contribution is 5.92. The number of amides is 3. The lowest BCUT2D eigenvalue weighted by molar-refractivity contribution is -0.142. The highest BCUT2D eigenvalue weighted by Crippen LogP contribution is 2.07. The Balaban J connectivity index is 4.84. The number of nitrogens with two attached hydrogens (primary N) is 2. The van der Waals surface area contributed by atoms with Gasteiger partial charge in [0.15, 0.2) is 0 Å². The molecule has 0 rings (SSSR count). The van der Waals surface area contributed by atoms with Crippen molar-refractivity contribution in [3.05, 3.63) is 0 Å². The van der Waals surface area contributed by atoms with Gasteiger partial charge in [-0.15, -0.1) is 0 Å². The lowest BCUT2D eigenvalue weighted by atomic mass is 10.0. The molecule has 0 aromatic carbocycles. The van der Waals surface area contributed by atoms with Crippen molar-refractivity contribution in [3.63, 3.8) is 0 Å². The summed E-state index contributed by atoms with van der Waals surface area (Å²) in [7, 11) is 0. The number of nitrogens with one attached hydrogen (secondary N) is 1. The van der Waals surface area contributed by atoms with Crippen LogP contribution in [0.5, 0.6) is 0 Å². The van der Waals surface area contributed by atoms with Crippen LogP contribution in [0.4, 0.5) is 0 Å². The van der Waals surface area contributed by atoms with Crippen LogP contribution in [0.2, 0.25) is 0 Å². The van der Waals surface area contributed by atoms with E-state index < -0.39 is 23.3 Å². The standard InChI is InChI=1S/C10H20N4O3/c1-4-13-10(2,3)9(17)14(5-7(11)15)6-8(12)16/h13H,4-6H2,1-3H3,(H2,11,15)(H2,12,16). The molecule has 0 saturated carbocycles. The normalized spacial score (nSPS) is 11.0. The summed E-state index contributed by atoms with van der Waals surface area (Å²) >= 11 is 0. The minimum atomic E-state index is -0.875. The molecule has 0 heterocycles. The molecule has 98 valence electrons. The zero-order valence-corrected chi connectivity index (χ0v) is 10.4. The van der Waals surface area contributed by atoms with Crippen LogP contribution in [0, 0.1) is 0 Å². The smallest absolute Gasteiger partial charge is 0.243 e. The molecule has 5 N–H and O–H groups in total. The second-order valence-electron chi connectivity index (χ2n) is 4.25. The number of carbonyl (C=O) groups is 3. The SMILES string of the molecule is CCNC(C)(C)C(=O)N(CC(N)=O)CC(N)=O. The van der Waals surface area contributed by atoms with Gasteiger partial charge >= 0.3 is 0 Å². The van der Waals surface area contributed by atoms with E-state index in [0.29, 0.717) is 6.54 Å². The van der Waals surface area contributed by atoms with Crippen molar-refractivity contribution < 1.29 is 14.4 Å². The summed E-state index contributed by atoms with van der Waals surface area (Å²) in [6, 6.07) is 0. The van der Waals surface area contributed by atoms with Gasteiger partial charge in [0.05, 0.1) is 18.6 Å². The van der Waals surface area contributed by atoms with Crippen LogP contribution in [0.3, 0.4) is 0 Å². The van der Waals surface area contributed by atoms with Crippen molar-refractivity contribution in [1.29, 1.82) is 0 Å². The summed E-state index contributed by atoms with van der Waals surface area (Å²) in [5.74, 6) is -1.77. The zero-order valence-electron chi connectivity index (χ0n) is 10.4. The molecule has 0 aromatic heterocycles. The van der Waals surface area contributed by atoms with E-state index >= 15 is 0 Å². The van der Waals surface area contributed by atoms with Gasteiger partial charge < -0.3 is 21.7 Å². The van der Waals surface area contributed by atoms with Crippen molar-refractivity contribution in [2.75, 3.05) is 19.6 Å². The zero-order chi connectivity index (χ0) is 13.6. The fraction of sp³-hybridized carbons (Fsp3) is 0.700. The molecule has 7 heteroatoms. The molecular formula is C10H20N4O3. The molecule has 0 aliphatic heterocycles. The van der Waals surface area contributed by atoms with Crippen LogP contribution < -0.4 is 16.8 Å². The second-order valence-corrected chi connectivity index (χ2v) is 4.25. The Morgan fingerprint density at radius 3 is 1.82 bits per heavy atom. The van der Waals surface area contributed by atoms with E-state index in [0.717, 1.165) is 4.90 Å². The first-order valence-corrected chi connectivity index (χ1v) is 5.31. The Labute approximate surface area is 100 Å². The largest absolute Gasteiger partial charge is 0.368 e. The molecule has 0 radical (unpaired) electrons. The molecule has 0 saturated heterocycles. The summed E-state index contributed by atoms with van der Waals surface area (Å²) in [6.07, 6.45) is 0. The predicted molar refractivity (Wildman–Crippen MR) is 62.7 cm³/mol. The summed E-state index contributed by atoms with van der Waals surface area (Å²) in [5, 5.41) is 2.95. The van der Waals surface area contributed by atoms with E-state index in [1.807, 2.05) is 6.92 Å². The summed E-state index contributed by atoms with van der Waals surface area (Å²) in [5.41, 5.74) is 9.16. The molecule has 0 aromatic rings. The minimum absolute atomic E-state index is 0.323. The molecular weight excluding hydrogens is 224 g/mol. The third kappa shape index (κ3) is 5.30. The van der Waals surface area contributed by atoms with Crippen LogP contribution in [-0.4, -0.2) is 47.8 Å². The van der Waals surface area contributed by atoms with Crippen LogP contribution in [0.25, 0.3) is 0 Å². The molecule has 0 aliphatic rings. The fourth-order valence-corrected chi connectivity index (χ4v) is 1.49. The Hall–Kier alpha value is -1.63. The highest BCUT2D eigenvalue weighted by Gasteiger charge is 2.32. The predicted octanol–water partition coefficient (Wildman–Crippen LogP) is -1.83. The van der Waals surface area contributed by atoms with Crippen molar-refractivity contribution in [2.45, 2.75) is 26.3 Å². The van der Waals surface area contributed by atoms with Gasteiger partial charge in [-0.25, -0.2) is 0 Å². The van der Waals surface area contributed by atoms with Crippen molar-refractivity contribution in [2.24, 2.45) is 11.5 Å². The molecule has 0 bridgehead atoms. The third-order valence-electron chi connectivity index (χ3n) is 2.13. The van der Waals surface area contributed by atoms with Gasteiger partial charge in [-0.05, 0) is 20.4 Å². The molecule has 0 fully saturated rings. The molecule has 0 aliphatic carbocycles. The lowest BCUT2D eigenvalue weighted by Gasteiger charge is -2.31. The first kappa shape index (κ1) is 15.4. The summed E-state index contributed by atoms with van der Waals surface area (Å²) < 4.78 is 0. The average Bonchev–Trinajstić information content (AvgIpc) is 2.13. The monoisotopic (exact) mass is 244 g/mol. The third-order valence-corrected chi connectivity index (χ3v) is 2.13. The van der Waals surface area contributed by atoms with E-state index in [4.69, 9.17) is 11.5 Å². The fourth-order valence-electron chi connectivity index (χ4n) is 1.49. The number of nitrogens with zero attached hydrogens (tertiary/aromatic N) is 1. The molecule has 17 heavy (non-hydrogen) atoms. The van der Waals surface area contributed by atoms with Gasteiger partial charge in [0.25, 0.3) is 0 Å². The maximum Gasteiger partial charge on any atom is 0.243 e. The minimum Gasteiger partial charge on any atom is -0.368 e. The number of likely N-dealkylation sites (N-methyl/N-ethyl adjacent to an activating group) is 1. The lowest BCUT2D eigenvalue weighted by Crippen LogP contribution is -2.57. The molecule has 3 amide bonds. The van der Waals surface area contributed by atoms with Crippen LogP contribution in [-0.2, 0) is 14.4 Å². The van der Waals surface area contributed by atoms with Crippen LogP contribution in [0.15, 0.2) is 0 Å². The van der Waals surface area contributed by atoms with Gasteiger partial charge in [0, 0.05) is 0 Å². The topological polar surface area (TPSA) is 119 Å². The Bertz CT molecular complexity index is 299. The van der Waals surface area contributed by atoms with Gasteiger partial charge in [0.1, 0.15) is 0 Å². The van der Waals surface area contributed by atoms with E-state index in [2.05, 4.69) is 5.32 Å². The number of rotatable bonds is 7. The van der Waals surface area contributed by atoms with E-state index in [-0.39, 0.29) is 13.1 Å². The van der Waals surface area contributed by atoms with Crippen molar-refractivity contribution >= 4 is 17.7 Å². The molecule has 0 unspecified atom stereocenters. The van der Waals surface area contributed by atoms with Gasteiger partial charge in [-0.3, -0.25) is 14.4 Å². The molecule has 7 nitrogen and oxygen atoms in total. The van der Waals surface area contributed by atoms with E-state index in [1.54, 1.807) is 13.8 Å². The van der Waals surface area contributed by atoms with E-state index in [1.165, 1.54) is 0 Å². The highest BCUT2D eigenvalue weighted by atomic mass is 16.2. The maximum absolute atomic E-state index is 12.1. The van der Waals surface area contributed by atoms with E-state index in [9.17, 15) is 14.4 Å². The number of hydrogen-bond acceptors (Lipinski definition) is 4. The Morgan fingerprint density at radius 2 is 1.53 bits per heavy atom. The number of carbonyl (C=O) groups excluding carboxylic acids is 3. The summed E-state index contributed by atoms with van der Waals surface area (Å²) in [6.45, 7) is 5.11. The van der Waals surface area contributed by atoms with Crippen molar-refractivity contribution in [1.82, 2.24) is 10.2 Å². The van der Waals surface area contributed by atoms with Gasteiger partial charge in [-0.2, -0.15) is 0 Å². The Kier molecular flexibility index (Phi) is 5.60. The second kappa shape index (κ2) is 6.19. The van der Waals surface area contributed by atoms with Gasteiger partial charge in [-0.1, -0.05) is 6.92 Å². The van der Waals surface area contributed by atoms with Gasteiger partial charge in [0.2, 0.25) is 17.7 Å². The first-order valence-electron chi connectivity index (χ1n) is 5.31. The number of primary amides is 2. The maximum atomic E-state index is 12.1. The molecule has 0 atom stereocenters. The van der Waals surface area contributed by atoms with Crippen molar-refractivity contribution in [3.8, 4) is 0 Å². The molecule has 0 spiro atoms. The Morgan fingerprint density at radius 1 is 1.12 bits per heavy atom. The van der Waals surface area contributed by atoms with Crippen LogP contribution in [0.1, 0.15) is 20.8 Å². The summed E-state index contributed by atoms with van der Waals surface area (Å²) in [4.78, 5) is 34.8. The first-order chi connectivity index (χ1) is 7.70. The van der Waals surface area contributed by atoms with Crippen LogP contribution >= 0.6 is 0 Å². The number of hydrogen-bond donors (Lipinski definition) is 3. The quantitative estimate of drug-likeness (QED) is 0.488.